The van der Waals surface area contributed by atoms with E-state index in [2.05, 4.69) is 30.8 Å². The molecular formula is C18H24ClFN6O. The van der Waals surface area contributed by atoms with Crippen molar-refractivity contribution in [3.8, 4) is 0 Å². The first-order chi connectivity index (χ1) is 12.8. The maximum atomic E-state index is 13.7. The van der Waals surface area contributed by atoms with E-state index in [0.717, 1.165) is 31.9 Å². The number of aliphatic hydroxyl groups is 1. The maximum absolute atomic E-state index is 13.7. The van der Waals surface area contributed by atoms with Crippen LogP contribution in [0.2, 0.25) is 5.02 Å². The summed E-state index contributed by atoms with van der Waals surface area (Å²) in [7, 11) is 0. The van der Waals surface area contributed by atoms with E-state index < -0.39 is 11.4 Å². The van der Waals surface area contributed by atoms with Gasteiger partial charge in [0.25, 0.3) is 0 Å². The largest absolute Gasteiger partial charge is 0.389 e. The number of aromatic nitrogens is 2. The Bertz CT molecular complexity index is 792. The highest BCUT2D eigenvalue weighted by atomic mass is 35.5. The van der Waals surface area contributed by atoms with E-state index in [9.17, 15) is 9.50 Å². The molecule has 7 nitrogen and oxygen atoms in total. The Morgan fingerprint density at radius 2 is 1.93 bits per heavy atom. The van der Waals surface area contributed by atoms with Gasteiger partial charge in [-0.2, -0.15) is 0 Å². The number of halogens is 2. The van der Waals surface area contributed by atoms with Crippen LogP contribution >= 0.6 is 11.6 Å². The summed E-state index contributed by atoms with van der Waals surface area (Å²) in [6.07, 6.45) is 1.26. The lowest BCUT2D eigenvalue weighted by Gasteiger charge is -2.30. The Kier molecular flexibility index (Phi) is 5.98. The van der Waals surface area contributed by atoms with Crippen molar-refractivity contribution < 1.29 is 9.50 Å². The highest BCUT2D eigenvalue weighted by Gasteiger charge is 2.16. The van der Waals surface area contributed by atoms with Crippen LogP contribution in [0.3, 0.4) is 0 Å². The van der Waals surface area contributed by atoms with Crippen molar-refractivity contribution in [1.29, 1.82) is 0 Å². The van der Waals surface area contributed by atoms with Crippen LogP contribution in [0.4, 0.5) is 27.5 Å². The van der Waals surface area contributed by atoms with E-state index in [1.54, 1.807) is 13.8 Å². The number of piperazine rings is 1. The molecule has 1 aliphatic heterocycles. The number of rotatable bonds is 6. The van der Waals surface area contributed by atoms with E-state index in [1.807, 2.05) is 12.1 Å². The van der Waals surface area contributed by atoms with Crippen LogP contribution in [0.25, 0.3) is 0 Å². The Hall–Kier alpha value is -2.16. The molecule has 3 rings (SSSR count). The maximum Gasteiger partial charge on any atom is 0.147 e. The van der Waals surface area contributed by atoms with Crippen LogP contribution < -0.4 is 20.9 Å². The van der Waals surface area contributed by atoms with Gasteiger partial charge in [0.05, 0.1) is 16.8 Å². The first-order valence-electron chi connectivity index (χ1n) is 8.82. The van der Waals surface area contributed by atoms with Crippen LogP contribution in [0, 0.1) is 5.82 Å². The zero-order chi connectivity index (χ0) is 19.4. The number of nitrogens with one attached hydrogen (secondary N) is 3. The molecule has 146 valence electrons. The topological polar surface area (TPSA) is 85.3 Å². The van der Waals surface area contributed by atoms with Crippen LogP contribution in [0.5, 0.6) is 0 Å². The van der Waals surface area contributed by atoms with Gasteiger partial charge in [0.1, 0.15) is 23.3 Å². The van der Waals surface area contributed by atoms with Gasteiger partial charge in [0.2, 0.25) is 0 Å². The fourth-order valence-corrected chi connectivity index (χ4v) is 2.80. The monoisotopic (exact) mass is 394 g/mol. The molecule has 0 saturated carbocycles. The fraction of sp³-hybridized carbons (Fsp3) is 0.444. The first-order valence-corrected chi connectivity index (χ1v) is 9.20. The van der Waals surface area contributed by atoms with E-state index >= 15 is 0 Å². The molecule has 1 aliphatic rings. The second-order valence-corrected chi connectivity index (χ2v) is 7.51. The van der Waals surface area contributed by atoms with Crippen LogP contribution in [-0.2, 0) is 0 Å². The Labute approximate surface area is 163 Å². The van der Waals surface area contributed by atoms with Gasteiger partial charge in [0, 0.05) is 56.6 Å². The van der Waals surface area contributed by atoms with Crippen molar-refractivity contribution in [3.63, 3.8) is 0 Å². The molecular weight excluding hydrogens is 371 g/mol. The predicted octanol–water partition coefficient (Wildman–Crippen LogP) is 2.61. The molecule has 0 radical (unpaired) electrons. The van der Waals surface area contributed by atoms with Gasteiger partial charge in [-0.25, -0.2) is 14.4 Å². The number of hydrogen-bond donors (Lipinski definition) is 4. The summed E-state index contributed by atoms with van der Waals surface area (Å²) in [5, 5.41) is 19.4. The van der Waals surface area contributed by atoms with Crippen LogP contribution in [-0.4, -0.2) is 53.4 Å². The van der Waals surface area contributed by atoms with Gasteiger partial charge < -0.3 is 26.0 Å². The van der Waals surface area contributed by atoms with Crippen molar-refractivity contribution in [1.82, 2.24) is 15.3 Å². The van der Waals surface area contributed by atoms with E-state index in [4.69, 9.17) is 11.6 Å². The third-order valence-corrected chi connectivity index (χ3v) is 4.34. The highest BCUT2D eigenvalue weighted by molar-refractivity contribution is 6.30. The van der Waals surface area contributed by atoms with Gasteiger partial charge in [-0.15, -0.1) is 0 Å². The standard InChI is InChI=1S/C18H24ClFN6O/c1-18(2,27)11-23-15-7-12(26-5-3-21-4-6-26)8-17(24-15)25-16-9-14(20)13(19)10-22-16/h7-10,21,27H,3-6,11H2,1-2H3,(H2,22,23,24,25). The number of anilines is 4. The van der Waals surface area contributed by atoms with Crippen molar-refractivity contribution in [3.05, 3.63) is 35.2 Å². The normalized spacial score (nSPS) is 14.9. The molecule has 0 unspecified atom stereocenters. The zero-order valence-electron chi connectivity index (χ0n) is 15.4. The van der Waals surface area contributed by atoms with Crippen molar-refractivity contribution in [2.24, 2.45) is 0 Å². The molecule has 0 atom stereocenters. The quantitative estimate of drug-likeness (QED) is 0.599. The van der Waals surface area contributed by atoms with Gasteiger partial charge in [-0.3, -0.25) is 0 Å². The molecule has 2 aromatic rings. The molecule has 0 aliphatic carbocycles. The lowest BCUT2D eigenvalue weighted by Crippen LogP contribution is -2.43. The average Bonchev–Trinajstić information content (AvgIpc) is 2.63. The second-order valence-electron chi connectivity index (χ2n) is 7.11. The van der Waals surface area contributed by atoms with E-state index in [-0.39, 0.29) is 5.02 Å². The van der Waals surface area contributed by atoms with Gasteiger partial charge in [0.15, 0.2) is 0 Å². The summed E-state index contributed by atoms with van der Waals surface area (Å²) < 4.78 is 13.7. The zero-order valence-corrected chi connectivity index (χ0v) is 16.1. The molecule has 4 N–H and O–H groups in total. The molecule has 0 aromatic carbocycles. The first kappa shape index (κ1) is 19.6. The molecule has 0 bridgehead atoms. The number of pyridine rings is 2. The summed E-state index contributed by atoms with van der Waals surface area (Å²) in [6.45, 7) is 7.35. The van der Waals surface area contributed by atoms with E-state index in [1.165, 1.54) is 12.3 Å². The fourth-order valence-electron chi connectivity index (χ4n) is 2.70. The van der Waals surface area contributed by atoms with Gasteiger partial charge in [-0.1, -0.05) is 11.6 Å². The van der Waals surface area contributed by atoms with E-state index in [0.29, 0.717) is 24.0 Å². The van der Waals surface area contributed by atoms with Crippen molar-refractivity contribution in [2.75, 3.05) is 48.3 Å². The van der Waals surface area contributed by atoms with Gasteiger partial charge in [-0.05, 0) is 13.8 Å². The molecule has 3 heterocycles. The number of hydrogen-bond acceptors (Lipinski definition) is 7. The van der Waals surface area contributed by atoms with Crippen molar-refractivity contribution in [2.45, 2.75) is 19.4 Å². The molecule has 1 fully saturated rings. The highest BCUT2D eigenvalue weighted by Crippen LogP contribution is 2.26. The molecule has 1 saturated heterocycles. The smallest absolute Gasteiger partial charge is 0.147 e. The third kappa shape index (κ3) is 5.66. The molecule has 0 amide bonds. The summed E-state index contributed by atoms with van der Waals surface area (Å²) >= 11 is 5.69. The Morgan fingerprint density at radius 3 is 2.59 bits per heavy atom. The van der Waals surface area contributed by atoms with Gasteiger partial charge >= 0.3 is 0 Å². The lowest BCUT2D eigenvalue weighted by atomic mass is 10.1. The molecule has 0 spiro atoms. The number of nitrogens with zero attached hydrogens (tertiary/aromatic N) is 3. The summed E-state index contributed by atoms with van der Waals surface area (Å²) in [6, 6.07) is 5.07. The minimum absolute atomic E-state index is 0.0318. The molecule has 2 aromatic heterocycles. The lowest BCUT2D eigenvalue weighted by molar-refractivity contribution is 0.0944. The third-order valence-electron chi connectivity index (χ3n) is 4.06. The summed E-state index contributed by atoms with van der Waals surface area (Å²) in [5.41, 5.74) is 0.114. The Morgan fingerprint density at radius 1 is 1.22 bits per heavy atom. The summed E-state index contributed by atoms with van der Waals surface area (Å²) in [4.78, 5) is 10.8. The minimum atomic E-state index is -0.874. The SMILES string of the molecule is CC(C)(O)CNc1cc(N2CCNCC2)cc(Nc2cc(F)c(Cl)cn2)n1. The average molecular weight is 395 g/mol. The van der Waals surface area contributed by atoms with Crippen molar-refractivity contribution >= 4 is 34.7 Å². The van der Waals surface area contributed by atoms with Crippen LogP contribution in [0.15, 0.2) is 24.4 Å². The second kappa shape index (κ2) is 8.24. The summed E-state index contributed by atoms with van der Waals surface area (Å²) in [5.74, 6) is 0.909. The molecule has 9 heteroatoms. The predicted molar refractivity (Wildman–Crippen MR) is 107 cm³/mol. The van der Waals surface area contributed by atoms with Crippen LogP contribution in [0.1, 0.15) is 13.8 Å². The Balaban J connectivity index is 1.86. The minimum Gasteiger partial charge on any atom is -0.389 e. The molecule has 27 heavy (non-hydrogen) atoms.